The van der Waals surface area contributed by atoms with Crippen LogP contribution in [0.3, 0.4) is 0 Å². The van der Waals surface area contributed by atoms with Crippen LogP contribution in [0.25, 0.3) is 0 Å². The number of aromatic nitrogens is 1. The van der Waals surface area contributed by atoms with E-state index in [-0.39, 0.29) is 11.8 Å². The van der Waals surface area contributed by atoms with Gasteiger partial charge in [-0.25, -0.2) is 0 Å². The van der Waals surface area contributed by atoms with E-state index in [4.69, 9.17) is 0 Å². The van der Waals surface area contributed by atoms with Crippen LogP contribution < -0.4 is 5.32 Å². The van der Waals surface area contributed by atoms with Crippen LogP contribution in [0.5, 0.6) is 0 Å². The number of hydrogen-bond donors (Lipinski definition) is 1. The summed E-state index contributed by atoms with van der Waals surface area (Å²) in [4.78, 5) is 32.3. The van der Waals surface area contributed by atoms with Crippen molar-refractivity contribution in [1.82, 2.24) is 20.1 Å². The van der Waals surface area contributed by atoms with Crippen LogP contribution in [0.2, 0.25) is 0 Å². The quantitative estimate of drug-likeness (QED) is 0.886. The van der Waals surface area contributed by atoms with E-state index in [9.17, 15) is 9.59 Å². The summed E-state index contributed by atoms with van der Waals surface area (Å²) in [6.07, 6.45) is 3.46. The Morgan fingerprint density at radius 1 is 1.21 bits per heavy atom. The third-order valence-corrected chi connectivity index (χ3v) is 4.69. The summed E-state index contributed by atoms with van der Waals surface area (Å²) in [6.45, 7) is 3.60. The number of thiophene rings is 1. The van der Waals surface area contributed by atoms with E-state index in [0.29, 0.717) is 26.2 Å². The first-order valence-corrected chi connectivity index (χ1v) is 8.86. The average Bonchev–Trinajstić information content (AvgIpc) is 3.16. The van der Waals surface area contributed by atoms with Gasteiger partial charge in [0.05, 0.1) is 12.1 Å². The fourth-order valence-electron chi connectivity index (χ4n) is 2.64. The zero-order valence-corrected chi connectivity index (χ0v) is 14.2. The van der Waals surface area contributed by atoms with E-state index < -0.39 is 0 Å². The lowest BCUT2D eigenvalue weighted by Gasteiger charge is -2.34. The molecule has 1 aliphatic rings. The summed E-state index contributed by atoms with van der Waals surface area (Å²) in [5, 5.41) is 6.69. The highest BCUT2D eigenvalue weighted by atomic mass is 32.1. The summed E-state index contributed by atoms with van der Waals surface area (Å²) in [5.74, 6) is 0.0772. The lowest BCUT2D eigenvalue weighted by Crippen LogP contribution is -2.51. The van der Waals surface area contributed by atoms with E-state index in [1.807, 2.05) is 33.9 Å². The number of amides is 2. The van der Waals surface area contributed by atoms with Crippen molar-refractivity contribution in [3.05, 3.63) is 52.5 Å². The molecule has 0 radical (unpaired) electrons. The molecule has 2 aromatic rings. The largest absolute Gasteiger partial charge is 0.351 e. The van der Waals surface area contributed by atoms with Crippen LogP contribution in [0.15, 0.2) is 41.4 Å². The van der Waals surface area contributed by atoms with Crippen LogP contribution in [-0.4, -0.2) is 59.3 Å². The first-order valence-electron chi connectivity index (χ1n) is 7.92. The van der Waals surface area contributed by atoms with Crippen molar-refractivity contribution < 1.29 is 9.59 Å². The molecule has 0 saturated carbocycles. The molecule has 1 aliphatic heterocycles. The van der Waals surface area contributed by atoms with Gasteiger partial charge in [0.1, 0.15) is 0 Å². The number of hydrogen-bond acceptors (Lipinski definition) is 5. The topological polar surface area (TPSA) is 65.5 Å². The van der Waals surface area contributed by atoms with Crippen molar-refractivity contribution in [2.75, 3.05) is 32.7 Å². The van der Waals surface area contributed by atoms with Gasteiger partial charge >= 0.3 is 0 Å². The molecular weight excluding hydrogens is 324 g/mol. The van der Waals surface area contributed by atoms with Crippen LogP contribution in [0.4, 0.5) is 0 Å². The van der Waals surface area contributed by atoms with Crippen molar-refractivity contribution in [2.24, 2.45) is 0 Å². The van der Waals surface area contributed by atoms with Crippen LogP contribution in [0, 0.1) is 0 Å². The maximum absolute atomic E-state index is 12.3. The molecule has 2 aromatic heterocycles. The molecule has 0 unspecified atom stereocenters. The van der Waals surface area contributed by atoms with Crippen molar-refractivity contribution in [3.8, 4) is 0 Å². The number of carbonyl (C=O) groups excluding carboxylic acids is 2. The van der Waals surface area contributed by atoms with E-state index >= 15 is 0 Å². The predicted molar refractivity (Wildman–Crippen MR) is 92.7 cm³/mol. The fraction of sp³-hybridized carbons (Fsp3) is 0.353. The van der Waals surface area contributed by atoms with E-state index in [2.05, 4.69) is 15.2 Å². The van der Waals surface area contributed by atoms with E-state index in [0.717, 1.165) is 24.2 Å². The second kappa shape index (κ2) is 8.03. The van der Waals surface area contributed by atoms with Gasteiger partial charge in [0.25, 0.3) is 5.91 Å². The van der Waals surface area contributed by atoms with Gasteiger partial charge in [0, 0.05) is 50.5 Å². The summed E-state index contributed by atoms with van der Waals surface area (Å²) in [5.41, 5.74) is 1.74. The Labute approximate surface area is 145 Å². The molecule has 0 bridgehead atoms. The minimum atomic E-state index is -0.00327. The van der Waals surface area contributed by atoms with E-state index in [1.165, 1.54) is 11.3 Å². The lowest BCUT2D eigenvalue weighted by molar-refractivity contribution is -0.122. The third kappa shape index (κ3) is 4.39. The zero-order valence-electron chi connectivity index (χ0n) is 13.4. The SMILES string of the molecule is O=C(CN1CCN(C(=O)c2ccsc2)CC1)NCc1cccnc1. The molecule has 0 atom stereocenters. The standard InChI is InChI=1S/C17H20N4O2S/c22-16(19-11-14-2-1-4-18-10-14)12-20-5-7-21(8-6-20)17(23)15-3-9-24-13-15/h1-4,9-10,13H,5-8,11-12H2,(H,19,22). The van der Waals surface area contributed by atoms with Gasteiger partial charge in [-0.2, -0.15) is 11.3 Å². The Morgan fingerprint density at radius 2 is 2.04 bits per heavy atom. The second-order valence-corrected chi connectivity index (χ2v) is 6.50. The van der Waals surface area contributed by atoms with Gasteiger partial charge in [-0.1, -0.05) is 6.07 Å². The fourth-order valence-corrected chi connectivity index (χ4v) is 3.27. The van der Waals surface area contributed by atoms with Crippen molar-refractivity contribution in [3.63, 3.8) is 0 Å². The highest BCUT2D eigenvalue weighted by molar-refractivity contribution is 7.08. The molecule has 24 heavy (non-hydrogen) atoms. The minimum absolute atomic E-state index is 0.00327. The monoisotopic (exact) mass is 344 g/mol. The molecule has 1 fully saturated rings. The van der Waals surface area contributed by atoms with Gasteiger partial charge in [-0.3, -0.25) is 19.5 Å². The molecule has 1 saturated heterocycles. The highest BCUT2D eigenvalue weighted by Crippen LogP contribution is 2.11. The van der Waals surface area contributed by atoms with Crippen molar-refractivity contribution in [2.45, 2.75) is 6.54 Å². The van der Waals surface area contributed by atoms with Crippen molar-refractivity contribution >= 4 is 23.2 Å². The van der Waals surface area contributed by atoms with E-state index in [1.54, 1.807) is 12.4 Å². The molecule has 0 aliphatic carbocycles. The minimum Gasteiger partial charge on any atom is -0.351 e. The average molecular weight is 344 g/mol. The maximum atomic E-state index is 12.3. The van der Waals surface area contributed by atoms with Gasteiger partial charge in [-0.15, -0.1) is 0 Å². The highest BCUT2D eigenvalue weighted by Gasteiger charge is 2.23. The lowest BCUT2D eigenvalue weighted by atomic mass is 10.2. The molecule has 3 heterocycles. The molecule has 2 amide bonds. The van der Waals surface area contributed by atoms with Gasteiger partial charge in [0.15, 0.2) is 0 Å². The first-order chi connectivity index (χ1) is 11.7. The smallest absolute Gasteiger partial charge is 0.254 e. The molecule has 3 rings (SSSR count). The van der Waals surface area contributed by atoms with Crippen molar-refractivity contribution in [1.29, 1.82) is 0 Å². The molecular formula is C17H20N4O2S. The number of carbonyl (C=O) groups is 2. The Bertz CT molecular complexity index is 667. The predicted octanol–water partition coefficient (Wildman–Crippen LogP) is 1.22. The normalized spacial score (nSPS) is 15.2. The summed E-state index contributed by atoms with van der Waals surface area (Å²) < 4.78 is 0. The Balaban J connectivity index is 1.40. The van der Waals surface area contributed by atoms with Gasteiger partial charge in [0.2, 0.25) is 5.91 Å². The molecule has 7 heteroatoms. The summed E-state index contributed by atoms with van der Waals surface area (Å²) >= 11 is 1.53. The number of nitrogens with one attached hydrogen (secondary N) is 1. The third-order valence-electron chi connectivity index (χ3n) is 4.01. The Morgan fingerprint density at radius 3 is 2.71 bits per heavy atom. The zero-order chi connectivity index (χ0) is 16.8. The first kappa shape index (κ1) is 16.6. The Hall–Kier alpha value is -2.25. The van der Waals surface area contributed by atoms with Crippen LogP contribution >= 0.6 is 11.3 Å². The number of nitrogens with zero attached hydrogens (tertiary/aromatic N) is 3. The molecule has 0 aromatic carbocycles. The summed E-state index contributed by atoms with van der Waals surface area (Å²) in [6, 6.07) is 5.64. The number of pyridine rings is 1. The second-order valence-electron chi connectivity index (χ2n) is 5.72. The number of rotatable bonds is 5. The maximum Gasteiger partial charge on any atom is 0.254 e. The number of piperazine rings is 1. The Kier molecular flexibility index (Phi) is 5.55. The molecule has 0 spiro atoms. The molecule has 1 N–H and O–H groups in total. The van der Waals surface area contributed by atoms with Gasteiger partial charge in [-0.05, 0) is 23.1 Å². The molecule has 6 nitrogen and oxygen atoms in total. The summed E-state index contributed by atoms with van der Waals surface area (Å²) in [7, 11) is 0. The van der Waals surface area contributed by atoms with Gasteiger partial charge < -0.3 is 10.2 Å². The van der Waals surface area contributed by atoms with Crippen LogP contribution in [-0.2, 0) is 11.3 Å². The van der Waals surface area contributed by atoms with Crippen LogP contribution in [0.1, 0.15) is 15.9 Å². The molecule has 126 valence electrons.